The molecule has 0 aromatic heterocycles. The largest absolute Gasteiger partial charge is 0.480 e. The SMILES string of the molecule is NCc1cccc(F)c1OCC(=O)NCC(F)(F)F. The maximum absolute atomic E-state index is 13.4. The van der Waals surface area contributed by atoms with Crippen LogP contribution in [-0.4, -0.2) is 25.2 Å². The molecule has 0 radical (unpaired) electrons. The van der Waals surface area contributed by atoms with Crippen LogP contribution in [0.5, 0.6) is 5.75 Å². The van der Waals surface area contributed by atoms with Gasteiger partial charge in [-0.2, -0.15) is 13.2 Å². The third-order valence-electron chi connectivity index (χ3n) is 2.10. The highest BCUT2D eigenvalue weighted by Crippen LogP contribution is 2.22. The van der Waals surface area contributed by atoms with Crippen molar-refractivity contribution >= 4 is 5.91 Å². The number of benzene rings is 1. The van der Waals surface area contributed by atoms with Gasteiger partial charge in [0.15, 0.2) is 18.2 Å². The number of hydrogen-bond acceptors (Lipinski definition) is 3. The first-order valence-corrected chi connectivity index (χ1v) is 5.27. The van der Waals surface area contributed by atoms with E-state index in [1.54, 1.807) is 5.32 Å². The van der Waals surface area contributed by atoms with Crippen LogP contribution in [0.1, 0.15) is 5.56 Å². The minimum absolute atomic E-state index is 0.0166. The van der Waals surface area contributed by atoms with Crippen molar-refractivity contribution in [3.05, 3.63) is 29.6 Å². The van der Waals surface area contributed by atoms with Gasteiger partial charge < -0.3 is 15.8 Å². The van der Waals surface area contributed by atoms with Gasteiger partial charge in [0.2, 0.25) is 0 Å². The third-order valence-corrected chi connectivity index (χ3v) is 2.10. The molecule has 3 N–H and O–H groups in total. The third kappa shape index (κ3) is 5.12. The molecule has 0 bridgehead atoms. The second-order valence-corrected chi connectivity index (χ2v) is 3.61. The smallest absolute Gasteiger partial charge is 0.405 e. The second kappa shape index (κ2) is 6.37. The summed E-state index contributed by atoms with van der Waals surface area (Å²) < 4.78 is 53.7. The summed E-state index contributed by atoms with van der Waals surface area (Å²) >= 11 is 0. The minimum atomic E-state index is -4.50. The molecule has 0 heterocycles. The first-order valence-electron chi connectivity index (χ1n) is 5.27. The van der Waals surface area contributed by atoms with Crippen molar-refractivity contribution in [3.63, 3.8) is 0 Å². The zero-order valence-corrected chi connectivity index (χ0v) is 9.76. The zero-order valence-electron chi connectivity index (χ0n) is 9.76. The average molecular weight is 280 g/mol. The van der Waals surface area contributed by atoms with Crippen molar-refractivity contribution in [1.82, 2.24) is 5.32 Å². The van der Waals surface area contributed by atoms with E-state index >= 15 is 0 Å². The Kier molecular flexibility index (Phi) is 5.11. The molecule has 0 aliphatic rings. The van der Waals surface area contributed by atoms with Gasteiger partial charge in [-0.05, 0) is 6.07 Å². The summed E-state index contributed by atoms with van der Waals surface area (Å²) in [6, 6.07) is 4.00. The molecule has 1 aromatic carbocycles. The Morgan fingerprint density at radius 2 is 2.05 bits per heavy atom. The Labute approximate surface area is 106 Å². The molecule has 0 unspecified atom stereocenters. The van der Waals surface area contributed by atoms with Crippen LogP contribution in [0.15, 0.2) is 18.2 Å². The van der Waals surface area contributed by atoms with Gasteiger partial charge in [0.05, 0.1) is 0 Å². The standard InChI is InChI=1S/C11H12F4N2O2/c12-8-3-1-2-7(4-16)10(8)19-5-9(18)17-6-11(13,14)15/h1-3H,4-6,16H2,(H,17,18). The number of nitrogens with two attached hydrogens (primary N) is 1. The number of alkyl halides is 3. The molecule has 1 amide bonds. The number of ether oxygens (including phenoxy) is 1. The fourth-order valence-electron chi connectivity index (χ4n) is 1.26. The number of carbonyl (C=O) groups is 1. The Balaban J connectivity index is 2.55. The topological polar surface area (TPSA) is 64.3 Å². The summed E-state index contributed by atoms with van der Waals surface area (Å²) in [5.41, 5.74) is 5.67. The Morgan fingerprint density at radius 1 is 1.37 bits per heavy atom. The number of para-hydroxylation sites is 1. The molecule has 0 fully saturated rings. The fourth-order valence-corrected chi connectivity index (χ4v) is 1.26. The summed E-state index contributed by atoms with van der Waals surface area (Å²) in [4.78, 5) is 11.1. The molecular formula is C11H12F4N2O2. The molecule has 0 saturated carbocycles. The van der Waals surface area contributed by atoms with E-state index in [2.05, 4.69) is 0 Å². The molecule has 4 nitrogen and oxygen atoms in total. The summed E-state index contributed by atoms with van der Waals surface area (Å²) in [5, 5.41) is 1.61. The van der Waals surface area contributed by atoms with Gasteiger partial charge in [0.25, 0.3) is 5.91 Å². The number of amides is 1. The van der Waals surface area contributed by atoms with Gasteiger partial charge in [-0.3, -0.25) is 4.79 Å². The first kappa shape index (κ1) is 15.2. The van der Waals surface area contributed by atoms with Gasteiger partial charge in [-0.1, -0.05) is 12.1 Å². The monoisotopic (exact) mass is 280 g/mol. The number of rotatable bonds is 5. The summed E-state index contributed by atoms with van der Waals surface area (Å²) in [5.74, 6) is -1.96. The number of carbonyl (C=O) groups excluding carboxylic acids is 1. The van der Waals surface area contributed by atoms with Crippen molar-refractivity contribution in [2.45, 2.75) is 12.7 Å². The van der Waals surface area contributed by atoms with Crippen LogP contribution in [-0.2, 0) is 11.3 Å². The van der Waals surface area contributed by atoms with E-state index in [1.165, 1.54) is 12.1 Å². The van der Waals surface area contributed by atoms with Crippen LogP contribution < -0.4 is 15.8 Å². The molecule has 0 spiro atoms. The van der Waals surface area contributed by atoms with Crippen LogP contribution in [0.3, 0.4) is 0 Å². The molecular weight excluding hydrogens is 268 g/mol. The van der Waals surface area contributed by atoms with E-state index < -0.39 is 31.1 Å². The average Bonchev–Trinajstić information content (AvgIpc) is 2.33. The fraction of sp³-hybridized carbons (Fsp3) is 0.364. The maximum atomic E-state index is 13.4. The molecule has 0 atom stereocenters. The van der Waals surface area contributed by atoms with Crippen LogP contribution in [0.2, 0.25) is 0 Å². The number of nitrogens with one attached hydrogen (secondary N) is 1. The molecule has 0 aliphatic heterocycles. The van der Waals surface area contributed by atoms with Gasteiger partial charge in [-0.15, -0.1) is 0 Å². The van der Waals surface area contributed by atoms with Gasteiger partial charge in [0.1, 0.15) is 6.54 Å². The van der Waals surface area contributed by atoms with Crippen LogP contribution in [0.4, 0.5) is 17.6 Å². The predicted octanol–water partition coefficient (Wildman–Crippen LogP) is 1.34. The molecule has 106 valence electrons. The van der Waals surface area contributed by atoms with E-state index in [4.69, 9.17) is 10.5 Å². The Bertz CT molecular complexity index is 449. The highest BCUT2D eigenvalue weighted by atomic mass is 19.4. The Morgan fingerprint density at radius 3 is 2.63 bits per heavy atom. The number of halogens is 4. The molecule has 19 heavy (non-hydrogen) atoms. The van der Waals surface area contributed by atoms with Gasteiger partial charge in [-0.25, -0.2) is 4.39 Å². The Hall–Kier alpha value is -1.83. The lowest BCUT2D eigenvalue weighted by Crippen LogP contribution is -2.36. The predicted molar refractivity (Wildman–Crippen MR) is 58.9 cm³/mol. The van der Waals surface area contributed by atoms with E-state index in [0.717, 1.165) is 6.07 Å². The molecule has 8 heteroatoms. The highest BCUT2D eigenvalue weighted by molar-refractivity contribution is 5.77. The van der Waals surface area contributed by atoms with E-state index in [9.17, 15) is 22.4 Å². The van der Waals surface area contributed by atoms with E-state index in [0.29, 0.717) is 5.56 Å². The van der Waals surface area contributed by atoms with Gasteiger partial charge >= 0.3 is 6.18 Å². The van der Waals surface area contributed by atoms with Crippen LogP contribution >= 0.6 is 0 Å². The van der Waals surface area contributed by atoms with Gasteiger partial charge in [0, 0.05) is 12.1 Å². The molecule has 1 rings (SSSR count). The molecule has 0 aliphatic carbocycles. The van der Waals surface area contributed by atoms with Crippen molar-refractivity contribution in [3.8, 4) is 5.75 Å². The lowest BCUT2D eigenvalue weighted by Gasteiger charge is -2.12. The molecule has 1 aromatic rings. The maximum Gasteiger partial charge on any atom is 0.405 e. The number of hydrogen-bond donors (Lipinski definition) is 2. The van der Waals surface area contributed by atoms with Crippen LogP contribution in [0, 0.1) is 5.82 Å². The minimum Gasteiger partial charge on any atom is -0.480 e. The summed E-state index contributed by atoms with van der Waals surface area (Å²) in [6.45, 7) is -2.20. The zero-order chi connectivity index (χ0) is 14.5. The quantitative estimate of drug-likeness (QED) is 0.800. The lowest BCUT2D eigenvalue weighted by atomic mass is 10.2. The van der Waals surface area contributed by atoms with E-state index in [1.807, 2.05) is 0 Å². The second-order valence-electron chi connectivity index (χ2n) is 3.61. The van der Waals surface area contributed by atoms with Crippen molar-refractivity contribution < 1.29 is 27.1 Å². The molecule has 0 saturated heterocycles. The van der Waals surface area contributed by atoms with Crippen LogP contribution in [0.25, 0.3) is 0 Å². The lowest BCUT2D eigenvalue weighted by molar-refractivity contribution is -0.139. The highest BCUT2D eigenvalue weighted by Gasteiger charge is 2.27. The summed E-state index contributed by atoms with van der Waals surface area (Å²) in [7, 11) is 0. The van der Waals surface area contributed by atoms with E-state index in [-0.39, 0.29) is 12.3 Å². The van der Waals surface area contributed by atoms with Crippen molar-refractivity contribution in [2.24, 2.45) is 5.73 Å². The van der Waals surface area contributed by atoms with Crippen molar-refractivity contribution in [1.29, 1.82) is 0 Å². The van der Waals surface area contributed by atoms with Crippen molar-refractivity contribution in [2.75, 3.05) is 13.2 Å². The first-order chi connectivity index (χ1) is 8.83. The summed E-state index contributed by atoms with van der Waals surface area (Å²) in [6.07, 6.45) is -4.50. The normalized spacial score (nSPS) is 11.2.